The Kier molecular flexibility index (Phi) is 4.32. The van der Waals surface area contributed by atoms with Crippen LogP contribution in [0.15, 0.2) is 26.0 Å². The quantitative estimate of drug-likeness (QED) is 0.534. The maximum Gasteiger partial charge on any atom is 0.243 e. The van der Waals surface area contributed by atoms with Crippen molar-refractivity contribution in [1.82, 2.24) is 4.31 Å². The molecule has 2 atom stereocenters. The summed E-state index contributed by atoms with van der Waals surface area (Å²) in [6.07, 6.45) is -0.0293. The van der Waals surface area contributed by atoms with Crippen molar-refractivity contribution in [2.75, 3.05) is 32.0 Å². The first-order chi connectivity index (χ1) is 9.88. The summed E-state index contributed by atoms with van der Waals surface area (Å²) >= 11 is 6.56. The predicted octanol–water partition coefficient (Wildman–Crippen LogP) is 1.58. The van der Waals surface area contributed by atoms with Crippen LogP contribution in [0.5, 0.6) is 0 Å². The number of nitrogens with two attached hydrogens (primary N) is 1. The Morgan fingerprint density at radius 3 is 1.95 bits per heavy atom. The van der Waals surface area contributed by atoms with Crippen molar-refractivity contribution in [3.05, 3.63) is 21.1 Å². The van der Waals surface area contributed by atoms with Crippen LogP contribution < -0.4 is 5.73 Å². The van der Waals surface area contributed by atoms with E-state index in [9.17, 15) is 8.42 Å². The maximum absolute atomic E-state index is 12.8. The largest absolute Gasteiger partial charge is 0.397 e. The Morgan fingerprint density at radius 2 is 1.57 bits per heavy atom. The van der Waals surface area contributed by atoms with E-state index >= 15 is 0 Å². The molecule has 0 unspecified atom stereocenters. The monoisotopic (exact) mass is 440 g/mol. The van der Waals surface area contributed by atoms with Crippen LogP contribution in [0.25, 0.3) is 0 Å². The molecule has 2 aliphatic heterocycles. The van der Waals surface area contributed by atoms with E-state index in [1.165, 1.54) is 16.4 Å². The fourth-order valence-electron chi connectivity index (χ4n) is 1.93. The van der Waals surface area contributed by atoms with Gasteiger partial charge in [0.05, 0.1) is 36.0 Å². The molecule has 1 aromatic rings. The first-order valence-electron chi connectivity index (χ1n) is 6.36. The van der Waals surface area contributed by atoms with Crippen LogP contribution in [0.4, 0.5) is 5.69 Å². The molecule has 2 fully saturated rings. The molecule has 0 saturated carbocycles. The number of hydrogen-bond acceptors (Lipinski definition) is 5. The van der Waals surface area contributed by atoms with Crippen LogP contribution in [-0.2, 0) is 19.5 Å². The van der Waals surface area contributed by atoms with Gasteiger partial charge in [-0.05, 0) is 44.0 Å². The lowest BCUT2D eigenvalue weighted by Crippen LogP contribution is -2.37. The van der Waals surface area contributed by atoms with Gasteiger partial charge in [0.2, 0.25) is 10.0 Å². The molecular weight excluding hydrogens is 428 g/mol. The average molecular weight is 442 g/mol. The fraction of sp³-hybridized carbons (Fsp3) is 0.500. The van der Waals surface area contributed by atoms with Crippen LogP contribution in [0.3, 0.4) is 0 Å². The lowest BCUT2D eigenvalue weighted by Gasteiger charge is -2.21. The molecule has 6 nitrogen and oxygen atoms in total. The Morgan fingerprint density at radius 1 is 1.14 bits per heavy atom. The summed E-state index contributed by atoms with van der Waals surface area (Å²) in [6, 6.07) is 3.04. The predicted molar refractivity (Wildman–Crippen MR) is 84.5 cm³/mol. The SMILES string of the molecule is Nc1c(Br)cc(S(=O)(=O)N(C[C@H]2CO2)C[C@@H]2CO2)cc1Br. The minimum absolute atomic E-state index is 0.0146. The zero-order valence-electron chi connectivity index (χ0n) is 11.0. The lowest BCUT2D eigenvalue weighted by atomic mass is 10.3. The summed E-state index contributed by atoms with van der Waals surface area (Å²) < 4.78 is 38.4. The van der Waals surface area contributed by atoms with Gasteiger partial charge < -0.3 is 15.2 Å². The van der Waals surface area contributed by atoms with Crippen molar-refractivity contribution < 1.29 is 17.9 Å². The van der Waals surface area contributed by atoms with Gasteiger partial charge >= 0.3 is 0 Å². The van der Waals surface area contributed by atoms with E-state index in [1.807, 2.05) is 0 Å². The molecule has 2 saturated heterocycles. The Bertz CT molecular complexity index is 622. The van der Waals surface area contributed by atoms with E-state index in [2.05, 4.69) is 31.9 Å². The number of halogens is 2. The van der Waals surface area contributed by atoms with Crippen molar-refractivity contribution in [2.24, 2.45) is 0 Å². The molecule has 116 valence electrons. The number of hydrogen-bond donors (Lipinski definition) is 1. The molecule has 0 amide bonds. The van der Waals surface area contributed by atoms with Gasteiger partial charge in [-0.2, -0.15) is 4.31 Å². The van der Waals surface area contributed by atoms with Gasteiger partial charge in [0.15, 0.2) is 0 Å². The van der Waals surface area contributed by atoms with Crippen molar-refractivity contribution in [2.45, 2.75) is 17.1 Å². The highest BCUT2D eigenvalue weighted by Crippen LogP contribution is 2.33. The summed E-state index contributed by atoms with van der Waals surface area (Å²) in [6.45, 7) is 1.91. The first kappa shape index (κ1) is 15.7. The van der Waals surface area contributed by atoms with Gasteiger partial charge in [-0.3, -0.25) is 0 Å². The van der Waals surface area contributed by atoms with Crippen LogP contribution in [0.2, 0.25) is 0 Å². The fourth-order valence-corrected chi connectivity index (χ4v) is 4.98. The third-order valence-electron chi connectivity index (χ3n) is 3.31. The standard InChI is InChI=1S/C12H14Br2N2O4S/c13-10-1-9(2-11(14)12(10)15)21(17,18)16(3-7-5-19-7)4-8-6-20-8/h1-2,7-8H,3-6,15H2/t7-,8+. The number of benzene rings is 1. The Balaban J connectivity index is 1.91. The number of nitrogens with zero attached hydrogens (tertiary/aromatic N) is 1. The number of nitrogen functional groups attached to an aromatic ring is 1. The molecule has 21 heavy (non-hydrogen) atoms. The second kappa shape index (κ2) is 5.78. The minimum Gasteiger partial charge on any atom is -0.397 e. The zero-order chi connectivity index (χ0) is 15.2. The smallest absolute Gasteiger partial charge is 0.243 e. The second-order valence-corrected chi connectivity index (χ2v) is 8.68. The molecule has 1 aromatic carbocycles. The van der Waals surface area contributed by atoms with Crippen molar-refractivity contribution >= 4 is 47.6 Å². The highest BCUT2D eigenvalue weighted by molar-refractivity contribution is 9.11. The van der Waals surface area contributed by atoms with Crippen LogP contribution >= 0.6 is 31.9 Å². The van der Waals surface area contributed by atoms with Gasteiger partial charge in [-0.15, -0.1) is 0 Å². The Labute approximate surface area is 139 Å². The number of sulfonamides is 1. The highest BCUT2D eigenvalue weighted by atomic mass is 79.9. The average Bonchev–Trinajstić information content (AvgIpc) is 3.29. The number of epoxide rings is 2. The van der Waals surface area contributed by atoms with E-state index in [4.69, 9.17) is 15.2 Å². The van der Waals surface area contributed by atoms with Crippen LogP contribution in [0.1, 0.15) is 0 Å². The molecular formula is C12H14Br2N2O4S. The molecule has 2 N–H and O–H groups in total. The van der Waals surface area contributed by atoms with Gasteiger partial charge in [-0.1, -0.05) is 0 Å². The molecule has 2 aliphatic rings. The Hall–Kier alpha value is -0.190. The summed E-state index contributed by atoms with van der Waals surface area (Å²) in [5, 5.41) is 0. The molecule has 0 aliphatic carbocycles. The van der Waals surface area contributed by atoms with Gasteiger partial charge in [0, 0.05) is 22.0 Å². The van der Waals surface area contributed by atoms with Crippen LogP contribution in [0, 0.1) is 0 Å². The number of ether oxygens (including phenoxy) is 2. The van der Waals surface area contributed by atoms with Gasteiger partial charge in [0.1, 0.15) is 0 Å². The van der Waals surface area contributed by atoms with Crippen LogP contribution in [-0.4, -0.2) is 51.2 Å². The third kappa shape index (κ3) is 3.59. The molecule has 2 heterocycles. The summed E-state index contributed by atoms with van der Waals surface area (Å²) in [4.78, 5) is 0.191. The van der Waals surface area contributed by atoms with E-state index in [1.54, 1.807) is 0 Å². The van der Waals surface area contributed by atoms with E-state index in [-0.39, 0.29) is 17.1 Å². The molecule has 0 spiro atoms. The molecule has 3 rings (SSSR count). The number of anilines is 1. The van der Waals surface area contributed by atoms with Gasteiger partial charge in [-0.25, -0.2) is 8.42 Å². The van der Waals surface area contributed by atoms with E-state index in [0.29, 0.717) is 40.9 Å². The van der Waals surface area contributed by atoms with Crippen molar-refractivity contribution in [3.8, 4) is 0 Å². The highest BCUT2D eigenvalue weighted by Gasteiger charge is 2.37. The maximum atomic E-state index is 12.8. The summed E-state index contributed by atoms with van der Waals surface area (Å²) in [7, 11) is -3.62. The molecule has 0 bridgehead atoms. The minimum atomic E-state index is -3.62. The summed E-state index contributed by atoms with van der Waals surface area (Å²) in [5.41, 5.74) is 6.28. The van der Waals surface area contributed by atoms with E-state index < -0.39 is 10.0 Å². The topological polar surface area (TPSA) is 88.5 Å². The van der Waals surface area contributed by atoms with Gasteiger partial charge in [0.25, 0.3) is 0 Å². The normalized spacial score (nSPS) is 24.3. The molecule has 0 radical (unpaired) electrons. The second-order valence-electron chi connectivity index (χ2n) is 5.03. The zero-order valence-corrected chi connectivity index (χ0v) is 14.9. The van der Waals surface area contributed by atoms with Crippen molar-refractivity contribution in [3.63, 3.8) is 0 Å². The van der Waals surface area contributed by atoms with E-state index in [0.717, 1.165) is 0 Å². The van der Waals surface area contributed by atoms with Crippen molar-refractivity contribution in [1.29, 1.82) is 0 Å². The molecule has 9 heteroatoms. The first-order valence-corrected chi connectivity index (χ1v) is 9.38. The molecule has 0 aromatic heterocycles. The number of rotatable bonds is 6. The lowest BCUT2D eigenvalue weighted by molar-refractivity contribution is 0.304. The summed E-state index contributed by atoms with van der Waals surface area (Å²) in [5.74, 6) is 0. The third-order valence-corrected chi connectivity index (χ3v) is 6.43.